The molecule has 1 fully saturated rings. The van der Waals surface area contributed by atoms with Crippen LogP contribution in [0.25, 0.3) is 22.5 Å². The number of amides is 1. The number of carbonyl (C=O) groups is 1. The van der Waals surface area contributed by atoms with E-state index in [4.69, 9.17) is 8.94 Å². The highest BCUT2D eigenvalue weighted by atomic mass is 16.5. The molecule has 0 aliphatic carbocycles. The molecule has 130 valence electrons. The van der Waals surface area contributed by atoms with Crippen molar-refractivity contribution in [1.29, 1.82) is 0 Å². The molecular formula is C19H16N4O3. The minimum absolute atomic E-state index is 0.0802. The minimum Gasteiger partial charge on any atom is -0.461 e. The molecule has 7 nitrogen and oxygen atoms in total. The van der Waals surface area contributed by atoms with Crippen molar-refractivity contribution in [3.63, 3.8) is 0 Å². The zero-order chi connectivity index (χ0) is 17.5. The number of benzene rings is 1. The van der Waals surface area contributed by atoms with Crippen LogP contribution in [0.5, 0.6) is 0 Å². The monoisotopic (exact) mass is 348 g/mol. The maximum Gasteiger partial charge on any atom is 0.242 e. The van der Waals surface area contributed by atoms with Gasteiger partial charge in [-0.2, -0.15) is 4.98 Å². The van der Waals surface area contributed by atoms with Crippen LogP contribution in [0.2, 0.25) is 0 Å². The van der Waals surface area contributed by atoms with Crippen LogP contribution >= 0.6 is 0 Å². The van der Waals surface area contributed by atoms with Crippen LogP contribution < -0.4 is 0 Å². The van der Waals surface area contributed by atoms with E-state index in [0.29, 0.717) is 37.1 Å². The molecule has 4 heterocycles. The van der Waals surface area contributed by atoms with Crippen LogP contribution in [-0.2, 0) is 11.3 Å². The number of aromatic nitrogens is 3. The molecule has 0 bridgehead atoms. The van der Waals surface area contributed by atoms with Gasteiger partial charge in [-0.3, -0.25) is 4.79 Å². The average molecular weight is 348 g/mol. The highest BCUT2D eigenvalue weighted by Crippen LogP contribution is 2.28. The Hall–Kier alpha value is -3.35. The molecule has 7 heteroatoms. The van der Waals surface area contributed by atoms with Gasteiger partial charge in [-0.15, -0.1) is 0 Å². The summed E-state index contributed by atoms with van der Waals surface area (Å²) in [5.74, 6) is 1.73. The predicted molar refractivity (Wildman–Crippen MR) is 93.3 cm³/mol. The van der Waals surface area contributed by atoms with E-state index in [1.807, 2.05) is 46.0 Å². The molecule has 5 rings (SSSR count). The summed E-state index contributed by atoms with van der Waals surface area (Å²) in [5.41, 5.74) is 1.07. The fraction of sp³-hybridized carbons (Fsp3) is 0.211. The van der Waals surface area contributed by atoms with Gasteiger partial charge in [-0.1, -0.05) is 23.4 Å². The molecule has 0 unspecified atom stereocenters. The van der Waals surface area contributed by atoms with Gasteiger partial charge in [-0.05, 0) is 29.7 Å². The van der Waals surface area contributed by atoms with E-state index >= 15 is 0 Å². The number of hydrogen-bond donors (Lipinski definition) is 0. The molecule has 26 heavy (non-hydrogen) atoms. The highest BCUT2D eigenvalue weighted by molar-refractivity contribution is 5.83. The van der Waals surface area contributed by atoms with E-state index in [1.165, 1.54) is 0 Å². The Morgan fingerprint density at radius 2 is 2.04 bits per heavy atom. The third-order valence-corrected chi connectivity index (χ3v) is 4.75. The van der Waals surface area contributed by atoms with E-state index in [-0.39, 0.29) is 11.8 Å². The summed E-state index contributed by atoms with van der Waals surface area (Å²) in [6.45, 7) is 1.53. The minimum atomic E-state index is 0.0802. The molecule has 1 aliphatic rings. The van der Waals surface area contributed by atoms with Gasteiger partial charge in [0.1, 0.15) is 6.54 Å². The van der Waals surface area contributed by atoms with Crippen molar-refractivity contribution in [2.75, 3.05) is 13.1 Å². The van der Waals surface area contributed by atoms with E-state index in [0.717, 1.165) is 10.9 Å². The maximum absolute atomic E-state index is 12.5. The van der Waals surface area contributed by atoms with Gasteiger partial charge < -0.3 is 18.4 Å². The molecular weight excluding hydrogens is 332 g/mol. The lowest BCUT2D eigenvalue weighted by atomic mass is 10.00. The Bertz CT molecular complexity index is 1060. The Morgan fingerprint density at radius 3 is 2.88 bits per heavy atom. The van der Waals surface area contributed by atoms with Gasteiger partial charge in [-0.25, -0.2) is 0 Å². The molecule has 1 saturated heterocycles. The Balaban J connectivity index is 1.23. The maximum atomic E-state index is 12.5. The van der Waals surface area contributed by atoms with Gasteiger partial charge in [0, 0.05) is 24.8 Å². The molecule has 3 aromatic heterocycles. The first-order chi connectivity index (χ1) is 12.8. The number of nitrogens with zero attached hydrogens (tertiary/aromatic N) is 4. The van der Waals surface area contributed by atoms with Crippen molar-refractivity contribution in [3.8, 4) is 11.6 Å². The quantitative estimate of drug-likeness (QED) is 0.567. The number of fused-ring (bicyclic) bond motifs is 1. The molecule has 4 aromatic rings. The van der Waals surface area contributed by atoms with Crippen LogP contribution in [0.1, 0.15) is 11.8 Å². The van der Waals surface area contributed by atoms with E-state index in [9.17, 15) is 4.79 Å². The molecule has 0 spiro atoms. The van der Waals surface area contributed by atoms with E-state index < -0.39 is 0 Å². The van der Waals surface area contributed by atoms with Gasteiger partial charge in [0.2, 0.25) is 17.6 Å². The third-order valence-electron chi connectivity index (χ3n) is 4.75. The van der Waals surface area contributed by atoms with Crippen LogP contribution in [0.15, 0.2) is 63.9 Å². The average Bonchev–Trinajstić information content (AvgIpc) is 3.34. The molecule has 1 amide bonds. The predicted octanol–water partition coefficient (Wildman–Crippen LogP) is 2.91. The number of rotatable bonds is 4. The molecule has 0 radical (unpaired) electrons. The smallest absolute Gasteiger partial charge is 0.242 e. The second-order valence-corrected chi connectivity index (χ2v) is 6.43. The lowest BCUT2D eigenvalue weighted by Crippen LogP contribution is -2.49. The Labute approximate surface area is 148 Å². The van der Waals surface area contributed by atoms with Crippen LogP contribution in [0.3, 0.4) is 0 Å². The first-order valence-corrected chi connectivity index (χ1v) is 8.47. The molecule has 0 N–H and O–H groups in total. The first-order valence-electron chi connectivity index (χ1n) is 8.47. The zero-order valence-corrected chi connectivity index (χ0v) is 13.9. The number of likely N-dealkylation sites (tertiary alicyclic amines) is 1. The van der Waals surface area contributed by atoms with Crippen molar-refractivity contribution in [2.24, 2.45) is 0 Å². The molecule has 1 aliphatic heterocycles. The van der Waals surface area contributed by atoms with Crippen molar-refractivity contribution < 1.29 is 13.7 Å². The zero-order valence-electron chi connectivity index (χ0n) is 13.9. The fourth-order valence-corrected chi connectivity index (χ4v) is 3.27. The molecule has 0 saturated carbocycles. The highest BCUT2D eigenvalue weighted by Gasteiger charge is 2.35. The van der Waals surface area contributed by atoms with Crippen LogP contribution in [-0.4, -0.2) is 38.6 Å². The van der Waals surface area contributed by atoms with E-state index in [1.54, 1.807) is 18.4 Å². The Kier molecular flexibility index (Phi) is 3.38. The number of furan rings is 1. The summed E-state index contributed by atoms with van der Waals surface area (Å²) in [6.07, 6.45) is 3.52. The Morgan fingerprint density at radius 1 is 1.15 bits per heavy atom. The van der Waals surface area contributed by atoms with Crippen molar-refractivity contribution in [1.82, 2.24) is 19.6 Å². The SMILES string of the molecule is O=C(Cn1ccc2ccccc21)N1CC(c2nc(-c3ccco3)no2)C1. The van der Waals surface area contributed by atoms with Crippen LogP contribution in [0, 0.1) is 0 Å². The summed E-state index contributed by atoms with van der Waals surface area (Å²) in [5, 5.41) is 5.08. The number of carbonyl (C=O) groups excluding carboxylic acids is 1. The number of hydrogen-bond acceptors (Lipinski definition) is 5. The summed E-state index contributed by atoms with van der Waals surface area (Å²) >= 11 is 0. The third kappa shape index (κ3) is 2.48. The summed E-state index contributed by atoms with van der Waals surface area (Å²) in [4.78, 5) is 18.7. The summed E-state index contributed by atoms with van der Waals surface area (Å²) < 4.78 is 12.6. The van der Waals surface area contributed by atoms with Crippen molar-refractivity contribution in [3.05, 3.63) is 60.8 Å². The van der Waals surface area contributed by atoms with Gasteiger partial charge in [0.15, 0.2) is 5.76 Å². The standard InChI is InChI=1S/C19H16N4O3/c24-17(12-22-8-7-13-4-1-2-5-15(13)22)23-10-14(11-23)19-20-18(21-26-19)16-6-3-9-25-16/h1-9,14H,10-12H2. The molecule has 1 aromatic carbocycles. The van der Waals surface area contributed by atoms with Crippen LogP contribution in [0.4, 0.5) is 0 Å². The largest absolute Gasteiger partial charge is 0.461 e. The van der Waals surface area contributed by atoms with Gasteiger partial charge in [0.25, 0.3) is 0 Å². The lowest BCUT2D eigenvalue weighted by Gasteiger charge is -2.37. The fourth-order valence-electron chi connectivity index (χ4n) is 3.27. The van der Waals surface area contributed by atoms with Crippen molar-refractivity contribution in [2.45, 2.75) is 12.5 Å². The van der Waals surface area contributed by atoms with E-state index in [2.05, 4.69) is 10.1 Å². The second-order valence-electron chi connectivity index (χ2n) is 6.43. The van der Waals surface area contributed by atoms with Gasteiger partial charge >= 0.3 is 0 Å². The second kappa shape index (κ2) is 5.87. The lowest BCUT2D eigenvalue weighted by molar-refractivity contribution is -0.136. The van der Waals surface area contributed by atoms with Crippen molar-refractivity contribution >= 4 is 16.8 Å². The number of para-hydroxylation sites is 1. The molecule has 0 atom stereocenters. The summed E-state index contributed by atoms with van der Waals surface area (Å²) in [6, 6.07) is 13.6. The topological polar surface area (TPSA) is 77.3 Å². The van der Waals surface area contributed by atoms with Gasteiger partial charge in [0.05, 0.1) is 12.2 Å². The summed E-state index contributed by atoms with van der Waals surface area (Å²) in [7, 11) is 0. The normalized spacial score (nSPS) is 14.7. The first kappa shape index (κ1) is 14.9.